The fraction of sp³-hybridized carbons (Fsp3) is 0.368. The highest BCUT2D eigenvalue weighted by Gasteiger charge is 2.26. The number of Topliss-reactive ketones (excluding diaryl/α,β-unsaturated/α-hetero) is 1. The Morgan fingerprint density at radius 2 is 1.82 bits per heavy atom. The largest absolute Gasteiger partial charge is 0.336 e. The summed E-state index contributed by atoms with van der Waals surface area (Å²) in [5.41, 5.74) is 1.11. The number of aromatic nitrogens is 6. The van der Waals surface area contributed by atoms with E-state index in [1.165, 1.54) is 0 Å². The number of rotatable bonds is 6. The van der Waals surface area contributed by atoms with Crippen molar-refractivity contribution < 1.29 is 4.79 Å². The summed E-state index contributed by atoms with van der Waals surface area (Å²) in [7, 11) is 0. The van der Waals surface area contributed by atoms with Gasteiger partial charge in [0.25, 0.3) is 0 Å². The van der Waals surface area contributed by atoms with Crippen molar-refractivity contribution >= 4 is 11.7 Å². The van der Waals surface area contributed by atoms with Crippen LogP contribution >= 0.6 is 0 Å². The summed E-state index contributed by atoms with van der Waals surface area (Å²) in [4.78, 5) is 34.3. The van der Waals surface area contributed by atoms with Crippen LogP contribution in [0.3, 0.4) is 0 Å². The third kappa shape index (κ3) is 3.89. The highest BCUT2D eigenvalue weighted by atomic mass is 16.1. The number of anilines is 1. The molecule has 9 heteroatoms. The van der Waals surface area contributed by atoms with E-state index in [2.05, 4.69) is 46.9 Å². The Hall–Kier alpha value is -3.20. The van der Waals surface area contributed by atoms with E-state index in [0.717, 1.165) is 25.6 Å². The summed E-state index contributed by atoms with van der Waals surface area (Å²) in [5.74, 6) is 1.28. The van der Waals surface area contributed by atoms with Gasteiger partial charge < -0.3 is 4.90 Å². The third-order valence-electron chi connectivity index (χ3n) is 4.90. The van der Waals surface area contributed by atoms with Gasteiger partial charge in [0.15, 0.2) is 11.6 Å². The monoisotopic (exact) mass is 378 g/mol. The molecule has 1 fully saturated rings. The number of nitrogens with zero attached hydrogens (tertiary/aromatic N) is 7. The fourth-order valence-electron chi connectivity index (χ4n) is 3.46. The minimum Gasteiger partial charge on any atom is -0.336 e. The summed E-state index contributed by atoms with van der Waals surface area (Å²) in [5, 5.41) is 6.85. The van der Waals surface area contributed by atoms with E-state index < -0.39 is 0 Å². The maximum absolute atomic E-state index is 12.7. The van der Waals surface area contributed by atoms with Crippen molar-refractivity contribution in [3.63, 3.8) is 0 Å². The highest BCUT2D eigenvalue weighted by Crippen LogP contribution is 2.19. The van der Waals surface area contributed by atoms with Crippen LogP contribution in [0.1, 0.15) is 23.7 Å². The Kier molecular flexibility index (Phi) is 5.34. The van der Waals surface area contributed by atoms with Crippen molar-refractivity contribution in [2.45, 2.75) is 19.4 Å². The van der Waals surface area contributed by atoms with Crippen LogP contribution in [0.4, 0.5) is 5.95 Å². The van der Waals surface area contributed by atoms with E-state index >= 15 is 0 Å². The normalized spacial score (nSPS) is 17.6. The average Bonchev–Trinajstić information content (AvgIpc) is 3.23. The molecule has 1 N–H and O–H groups in total. The van der Waals surface area contributed by atoms with Gasteiger partial charge in [-0.15, -0.1) is 0 Å². The molecule has 0 aromatic carbocycles. The van der Waals surface area contributed by atoms with E-state index in [1.54, 1.807) is 37.1 Å². The van der Waals surface area contributed by atoms with Crippen molar-refractivity contribution in [3.8, 4) is 11.5 Å². The van der Waals surface area contributed by atoms with Gasteiger partial charge in [-0.3, -0.25) is 14.8 Å². The van der Waals surface area contributed by atoms with E-state index in [9.17, 15) is 4.79 Å². The van der Waals surface area contributed by atoms with Gasteiger partial charge in [-0.05, 0) is 19.1 Å². The summed E-state index contributed by atoms with van der Waals surface area (Å²) in [6.07, 6.45) is 8.80. The maximum atomic E-state index is 12.7. The predicted molar refractivity (Wildman–Crippen MR) is 104 cm³/mol. The first-order chi connectivity index (χ1) is 13.7. The number of hydrogen-bond donors (Lipinski definition) is 1. The Morgan fingerprint density at radius 1 is 1.11 bits per heavy atom. The third-order valence-corrected chi connectivity index (χ3v) is 4.90. The molecule has 0 aliphatic carbocycles. The highest BCUT2D eigenvalue weighted by molar-refractivity contribution is 6.00. The number of ketones is 1. The molecule has 28 heavy (non-hydrogen) atoms. The van der Waals surface area contributed by atoms with Crippen molar-refractivity contribution in [3.05, 3.63) is 48.7 Å². The topological polar surface area (TPSA) is 104 Å². The second kappa shape index (κ2) is 8.22. The van der Waals surface area contributed by atoms with Gasteiger partial charge in [-0.2, -0.15) is 5.10 Å². The number of hydrogen-bond acceptors (Lipinski definition) is 8. The lowest BCUT2D eigenvalue weighted by molar-refractivity contribution is 0.0959. The van der Waals surface area contributed by atoms with Crippen LogP contribution in [0.2, 0.25) is 0 Å². The zero-order chi connectivity index (χ0) is 19.3. The summed E-state index contributed by atoms with van der Waals surface area (Å²) >= 11 is 0. The summed E-state index contributed by atoms with van der Waals surface area (Å²) in [6.45, 7) is 5.44. The lowest BCUT2D eigenvalue weighted by Crippen LogP contribution is -2.52. The zero-order valence-electron chi connectivity index (χ0n) is 15.7. The van der Waals surface area contributed by atoms with Gasteiger partial charge in [0.05, 0.1) is 11.8 Å². The number of aromatic amines is 1. The molecule has 4 rings (SSSR count). The molecule has 0 radical (unpaired) electrons. The lowest BCUT2D eigenvalue weighted by Gasteiger charge is -2.39. The number of piperazine rings is 1. The Balaban J connectivity index is 1.35. The molecule has 3 aromatic rings. The predicted octanol–water partition coefficient (Wildman–Crippen LogP) is 1.44. The van der Waals surface area contributed by atoms with Gasteiger partial charge >= 0.3 is 0 Å². The molecule has 9 nitrogen and oxygen atoms in total. The van der Waals surface area contributed by atoms with Crippen molar-refractivity contribution in [2.75, 3.05) is 31.1 Å². The van der Waals surface area contributed by atoms with Gasteiger partial charge in [-0.1, -0.05) is 0 Å². The van der Waals surface area contributed by atoms with Crippen LogP contribution in [-0.2, 0) is 0 Å². The molecular weight excluding hydrogens is 356 g/mol. The van der Waals surface area contributed by atoms with E-state index in [-0.39, 0.29) is 11.8 Å². The Bertz CT molecular complexity index is 914. The van der Waals surface area contributed by atoms with Gasteiger partial charge in [0.2, 0.25) is 5.95 Å². The molecule has 3 aromatic heterocycles. The first kappa shape index (κ1) is 18.2. The molecule has 1 saturated heterocycles. The molecule has 0 spiro atoms. The number of H-pyrrole nitrogens is 1. The van der Waals surface area contributed by atoms with Crippen molar-refractivity contribution in [1.82, 2.24) is 35.0 Å². The molecule has 0 bridgehead atoms. The molecule has 0 amide bonds. The van der Waals surface area contributed by atoms with Crippen LogP contribution in [0, 0.1) is 0 Å². The molecule has 144 valence electrons. The first-order valence-corrected chi connectivity index (χ1v) is 9.32. The van der Waals surface area contributed by atoms with Crippen molar-refractivity contribution in [1.29, 1.82) is 0 Å². The second-order valence-electron chi connectivity index (χ2n) is 6.80. The van der Waals surface area contributed by atoms with Crippen LogP contribution in [0.15, 0.2) is 43.1 Å². The Morgan fingerprint density at radius 3 is 2.54 bits per heavy atom. The quantitative estimate of drug-likeness (QED) is 0.643. The molecule has 4 heterocycles. The van der Waals surface area contributed by atoms with Crippen molar-refractivity contribution in [2.24, 2.45) is 0 Å². The molecular formula is C19H22N8O. The lowest BCUT2D eigenvalue weighted by atomic mass is 10.1. The second-order valence-corrected chi connectivity index (χ2v) is 6.80. The molecule has 1 unspecified atom stereocenters. The van der Waals surface area contributed by atoms with Crippen LogP contribution in [0.25, 0.3) is 11.5 Å². The molecule has 1 aliphatic rings. The fourth-order valence-corrected chi connectivity index (χ4v) is 3.46. The van der Waals surface area contributed by atoms with Crippen LogP contribution < -0.4 is 4.90 Å². The minimum absolute atomic E-state index is 0.0395. The average molecular weight is 378 g/mol. The Labute approximate surface area is 162 Å². The van der Waals surface area contributed by atoms with E-state index in [0.29, 0.717) is 30.0 Å². The number of carbonyl (C=O) groups excluding carboxylic acids is 1. The van der Waals surface area contributed by atoms with Crippen LogP contribution in [-0.4, -0.2) is 73.0 Å². The van der Waals surface area contributed by atoms with Gasteiger partial charge in [0.1, 0.15) is 5.69 Å². The summed E-state index contributed by atoms with van der Waals surface area (Å²) in [6, 6.07) is 3.84. The smallest absolute Gasteiger partial charge is 0.225 e. The number of nitrogens with one attached hydrogen (secondary N) is 1. The SMILES string of the molecule is CC1CN(CCC(=O)c2cn[nH]c2-c2ncccn2)CCN1c1ncccn1. The minimum atomic E-state index is 0.0395. The standard InChI is InChI=1S/C19H22N8O/c1-14-13-26(10-11-27(14)19-22-7-3-8-23-19)9-4-16(28)15-12-24-25-17(15)18-20-5-2-6-21-18/h2-3,5-8,12,14H,4,9-11,13H2,1H3,(H,24,25). The maximum Gasteiger partial charge on any atom is 0.225 e. The summed E-state index contributed by atoms with van der Waals surface area (Å²) < 4.78 is 0. The molecule has 1 aliphatic heterocycles. The number of carbonyl (C=O) groups is 1. The molecule has 1 atom stereocenters. The van der Waals surface area contributed by atoms with Gasteiger partial charge in [0, 0.05) is 63.4 Å². The molecule has 0 saturated carbocycles. The zero-order valence-corrected chi connectivity index (χ0v) is 15.7. The van der Waals surface area contributed by atoms with E-state index in [1.807, 2.05) is 6.07 Å². The van der Waals surface area contributed by atoms with Crippen LogP contribution in [0.5, 0.6) is 0 Å². The first-order valence-electron chi connectivity index (χ1n) is 9.32. The van der Waals surface area contributed by atoms with E-state index in [4.69, 9.17) is 0 Å². The van der Waals surface area contributed by atoms with Gasteiger partial charge in [-0.25, -0.2) is 19.9 Å².